The Hall–Kier alpha value is -1.72. The number of rotatable bonds is 14. The first kappa shape index (κ1) is 24.3. The maximum Gasteiger partial charge on any atom is 0.303 e. The molecule has 0 amide bonds. The lowest BCUT2D eigenvalue weighted by molar-refractivity contribution is -0.137. The second-order valence-corrected chi connectivity index (χ2v) is 7.81. The number of unbranched alkanes of at least 4 members (excludes halogenated alkanes) is 3. The Bertz CT molecular complexity index is 565. The molecule has 158 valence electrons. The summed E-state index contributed by atoms with van der Waals surface area (Å²) in [5.74, 6) is -1.26. The van der Waals surface area contributed by atoms with Crippen molar-refractivity contribution in [3.05, 3.63) is 37.0 Å². The summed E-state index contributed by atoms with van der Waals surface area (Å²) in [4.78, 5) is 22.7. The first-order chi connectivity index (χ1) is 13.3. The summed E-state index contributed by atoms with van der Waals surface area (Å²) in [6.45, 7) is 5.86. The summed E-state index contributed by atoms with van der Waals surface area (Å²) in [7, 11) is 0. The second kappa shape index (κ2) is 12.7. The number of aliphatic carboxylic acids is 1. The second-order valence-electron chi connectivity index (χ2n) is 7.81. The number of Topliss-reactive ketones (excluding diaryl/α,β-unsaturated/α-hetero) is 1. The van der Waals surface area contributed by atoms with Crippen LogP contribution in [-0.4, -0.2) is 38.8 Å². The summed E-state index contributed by atoms with van der Waals surface area (Å²) in [5, 5.41) is 29.5. The third kappa shape index (κ3) is 8.53. The van der Waals surface area contributed by atoms with Crippen molar-refractivity contribution in [1.82, 2.24) is 0 Å². The molecule has 5 nitrogen and oxygen atoms in total. The van der Waals surface area contributed by atoms with Crippen LogP contribution in [-0.2, 0) is 9.59 Å². The van der Waals surface area contributed by atoms with Crippen LogP contribution in [0.1, 0.15) is 71.1 Å². The fourth-order valence-electron chi connectivity index (χ4n) is 3.66. The van der Waals surface area contributed by atoms with Gasteiger partial charge in [0, 0.05) is 24.7 Å². The van der Waals surface area contributed by atoms with Gasteiger partial charge >= 0.3 is 5.97 Å². The Morgan fingerprint density at radius 3 is 2.64 bits per heavy atom. The van der Waals surface area contributed by atoms with Gasteiger partial charge in [-0.3, -0.25) is 9.59 Å². The zero-order valence-electron chi connectivity index (χ0n) is 17.1. The maximum atomic E-state index is 12.2. The van der Waals surface area contributed by atoms with Crippen LogP contribution in [0.3, 0.4) is 0 Å². The highest BCUT2D eigenvalue weighted by atomic mass is 16.4. The van der Waals surface area contributed by atoms with Crippen molar-refractivity contribution in [2.24, 2.45) is 11.8 Å². The Morgan fingerprint density at radius 2 is 2.00 bits per heavy atom. The van der Waals surface area contributed by atoms with Gasteiger partial charge in [0.25, 0.3) is 0 Å². The summed E-state index contributed by atoms with van der Waals surface area (Å²) in [6, 6.07) is 0. The zero-order valence-corrected chi connectivity index (χ0v) is 17.1. The van der Waals surface area contributed by atoms with E-state index in [1.165, 1.54) is 0 Å². The van der Waals surface area contributed by atoms with E-state index in [0.29, 0.717) is 32.1 Å². The first-order valence-corrected chi connectivity index (χ1v) is 10.4. The fourth-order valence-corrected chi connectivity index (χ4v) is 3.66. The lowest BCUT2D eigenvalue weighted by atomic mass is 9.88. The number of aliphatic hydroxyl groups is 2. The van der Waals surface area contributed by atoms with Gasteiger partial charge in [0.15, 0.2) is 0 Å². The standard InChI is InChI=1S/C23H36O5/c1-3-5-10-15-23(28,4-2)16-11-13-19-18(20(24)17-21(19)25)12-8-6-7-9-14-22(26)27/h4,6,8,11,13,18-19,21,25,28H,2-3,5,7,9-10,12,14-17H2,1H3,(H,26,27)/b8-6-,13-11+/t18-,19-,21-,23?/m1/s1. The third-order valence-electron chi connectivity index (χ3n) is 5.47. The fraction of sp³-hybridized carbons (Fsp3) is 0.652. The van der Waals surface area contributed by atoms with Crippen LogP contribution in [0.2, 0.25) is 0 Å². The number of hydrogen-bond donors (Lipinski definition) is 3. The lowest BCUT2D eigenvalue weighted by Crippen LogP contribution is -2.25. The molecule has 0 radical (unpaired) electrons. The molecule has 0 saturated heterocycles. The van der Waals surface area contributed by atoms with Crippen molar-refractivity contribution in [3.8, 4) is 0 Å². The molecule has 0 heterocycles. The van der Waals surface area contributed by atoms with Gasteiger partial charge in [0.1, 0.15) is 5.78 Å². The van der Waals surface area contributed by atoms with Crippen molar-refractivity contribution < 1.29 is 24.9 Å². The van der Waals surface area contributed by atoms with Gasteiger partial charge in [0.05, 0.1) is 11.7 Å². The molecule has 0 spiro atoms. The van der Waals surface area contributed by atoms with Gasteiger partial charge in [-0.1, -0.05) is 56.6 Å². The molecule has 1 aliphatic rings. The number of carboxylic acids is 1. The normalized spacial score (nSPS) is 24.8. The van der Waals surface area contributed by atoms with Gasteiger partial charge in [-0.15, -0.1) is 6.58 Å². The summed E-state index contributed by atoms with van der Waals surface area (Å²) in [5.41, 5.74) is -0.946. The number of ketones is 1. The SMILES string of the molecule is C=CC(O)(C/C=C/[C@H]1[C@H](O)CC(=O)[C@@H]1C/C=C\CCCC(=O)O)CCCCC. The van der Waals surface area contributed by atoms with E-state index in [1.807, 2.05) is 24.3 Å². The molecule has 1 saturated carbocycles. The number of carboxylic acid groups (broad SMARTS) is 1. The third-order valence-corrected chi connectivity index (χ3v) is 5.47. The van der Waals surface area contributed by atoms with Crippen LogP contribution >= 0.6 is 0 Å². The first-order valence-electron chi connectivity index (χ1n) is 10.4. The molecule has 1 aliphatic carbocycles. The highest BCUT2D eigenvalue weighted by molar-refractivity contribution is 5.84. The van der Waals surface area contributed by atoms with Crippen LogP contribution < -0.4 is 0 Å². The smallest absolute Gasteiger partial charge is 0.303 e. The molecule has 4 atom stereocenters. The summed E-state index contributed by atoms with van der Waals surface area (Å²) in [6.07, 6.45) is 14.7. The van der Waals surface area contributed by atoms with E-state index in [2.05, 4.69) is 13.5 Å². The minimum atomic E-state index is -0.946. The Balaban J connectivity index is 2.58. The highest BCUT2D eigenvalue weighted by Crippen LogP contribution is 2.34. The molecule has 3 N–H and O–H groups in total. The molecule has 1 rings (SSSR count). The summed E-state index contributed by atoms with van der Waals surface area (Å²) >= 11 is 0. The monoisotopic (exact) mass is 392 g/mol. The van der Waals surface area contributed by atoms with Gasteiger partial charge in [0.2, 0.25) is 0 Å². The van der Waals surface area contributed by atoms with Crippen molar-refractivity contribution in [2.45, 2.75) is 82.8 Å². The van der Waals surface area contributed by atoms with E-state index in [9.17, 15) is 19.8 Å². The quantitative estimate of drug-likeness (QED) is 0.304. The van der Waals surface area contributed by atoms with E-state index >= 15 is 0 Å². The molecule has 5 heteroatoms. The molecule has 1 fully saturated rings. The van der Waals surface area contributed by atoms with Gasteiger partial charge in [-0.2, -0.15) is 0 Å². The Morgan fingerprint density at radius 1 is 1.25 bits per heavy atom. The Kier molecular flexibility index (Phi) is 11.0. The molecular weight excluding hydrogens is 356 g/mol. The lowest BCUT2D eigenvalue weighted by Gasteiger charge is -2.23. The topological polar surface area (TPSA) is 94.8 Å². The van der Waals surface area contributed by atoms with E-state index < -0.39 is 17.7 Å². The van der Waals surface area contributed by atoms with E-state index in [4.69, 9.17) is 5.11 Å². The molecule has 0 aromatic rings. The molecule has 0 aromatic heterocycles. The van der Waals surface area contributed by atoms with Crippen molar-refractivity contribution in [1.29, 1.82) is 0 Å². The minimum absolute atomic E-state index is 0.0549. The van der Waals surface area contributed by atoms with Crippen LogP contribution in [0.15, 0.2) is 37.0 Å². The van der Waals surface area contributed by atoms with Crippen molar-refractivity contribution >= 4 is 11.8 Å². The predicted molar refractivity (Wildman–Crippen MR) is 111 cm³/mol. The molecule has 0 bridgehead atoms. The number of aliphatic hydroxyl groups excluding tert-OH is 1. The van der Waals surface area contributed by atoms with Crippen LogP contribution in [0.4, 0.5) is 0 Å². The number of allylic oxidation sites excluding steroid dienone is 2. The molecule has 1 unspecified atom stereocenters. The number of carbonyl (C=O) groups is 2. The predicted octanol–water partition coefficient (Wildman–Crippen LogP) is 4.20. The number of hydrogen-bond acceptors (Lipinski definition) is 4. The molecule has 0 aromatic carbocycles. The average molecular weight is 393 g/mol. The largest absolute Gasteiger partial charge is 0.481 e. The van der Waals surface area contributed by atoms with E-state index in [-0.39, 0.29) is 30.5 Å². The van der Waals surface area contributed by atoms with Gasteiger partial charge < -0.3 is 15.3 Å². The minimum Gasteiger partial charge on any atom is -0.481 e. The highest BCUT2D eigenvalue weighted by Gasteiger charge is 2.39. The van der Waals surface area contributed by atoms with Crippen LogP contribution in [0.25, 0.3) is 0 Å². The van der Waals surface area contributed by atoms with Crippen LogP contribution in [0.5, 0.6) is 0 Å². The van der Waals surface area contributed by atoms with Gasteiger partial charge in [-0.05, 0) is 32.1 Å². The van der Waals surface area contributed by atoms with Gasteiger partial charge in [-0.25, -0.2) is 0 Å². The van der Waals surface area contributed by atoms with E-state index in [0.717, 1.165) is 19.3 Å². The van der Waals surface area contributed by atoms with E-state index in [1.54, 1.807) is 6.08 Å². The summed E-state index contributed by atoms with van der Waals surface area (Å²) < 4.78 is 0. The molecule has 28 heavy (non-hydrogen) atoms. The number of carbonyl (C=O) groups excluding carboxylic acids is 1. The zero-order chi connectivity index (χ0) is 21.0. The van der Waals surface area contributed by atoms with Crippen molar-refractivity contribution in [2.75, 3.05) is 0 Å². The molecular formula is C23H36O5. The average Bonchev–Trinajstić information content (AvgIpc) is 2.91. The van der Waals surface area contributed by atoms with Crippen LogP contribution in [0, 0.1) is 11.8 Å². The Labute approximate surface area is 168 Å². The van der Waals surface area contributed by atoms with Crippen molar-refractivity contribution in [3.63, 3.8) is 0 Å². The maximum absolute atomic E-state index is 12.2. The molecule has 0 aliphatic heterocycles.